The van der Waals surface area contributed by atoms with Gasteiger partial charge in [0.25, 0.3) is 0 Å². The first-order valence-corrected chi connectivity index (χ1v) is 12.2. The van der Waals surface area contributed by atoms with E-state index in [-0.39, 0.29) is 24.3 Å². The number of aliphatic imine (C=N–C) groups is 1. The Morgan fingerprint density at radius 2 is 1.97 bits per heavy atom. The van der Waals surface area contributed by atoms with Crippen molar-refractivity contribution in [3.05, 3.63) is 54.1 Å². The van der Waals surface area contributed by atoms with Crippen LogP contribution in [0.15, 0.2) is 53.5 Å². The Morgan fingerprint density at radius 1 is 1.21 bits per heavy atom. The molecule has 1 N–H and O–H groups in total. The van der Waals surface area contributed by atoms with Crippen molar-refractivity contribution < 1.29 is 19.1 Å². The zero-order valence-corrected chi connectivity index (χ0v) is 19.8. The molecule has 0 aromatic heterocycles. The zero-order valence-electron chi connectivity index (χ0n) is 19.0. The Balaban J connectivity index is 1.48. The molecule has 2 aromatic carbocycles. The first-order chi connectivity index (χ1) is 16.0. The molecule has 4 rings (SSSR count). The summed E-state index contributed by atoms with van der Waals surface area (Å²) in [5.74, 6) is 0.488. The maximum atomic E-state index is 13.2. The number of amidine groups is 1. The van der Waals surface area contributed by atoms with E-state index in [0.717, 1.165) is 35.5 Å². The number of nitrogens with zero attached hydrogens (tertiary/aromatic N) is 2. The molecule has 174 valence electrons. The largest absolute Gasteiger partial charge is 0.494 e. The maximum Gasteiger partial charge on any atom is 0.242 e. The average molecular weight is 468 g/mol. The summed E-state index contributed by atoms with van der Waals surface area (Å²) in [6, 6.07) is 15.1. The molecule has 2 amide bonds. The highest BCUT2D eigenvalue weighted by molar-refractivity contribution is 8.15. The lowest BCUT2D eigenvalue weighted by Crippen LogP contribution is -2.38. The van der Waals surface area contributed by atoms with Crippen LogP contribution in [0.25, 0.3) is 0 Å². The third-order valence-electron chi connectivity index (χ3n) is 5.51. The molecule has 33 heavy (non-hydrogen) atoms. The number of thioether (sulfide) groups is 1. The molecule has 0 saturated carbocycles. The first-order valence-electron chi connectivity index (χ1n) is 11.3. The van der Waals surface area contributed by atoms with Crippen molar-refractivity contribution in [2.75, 3.05) is 25.1 Å². The van der Waals surface area contributed by atoms with E-state index in [1.165, 1.54) is 11.8 Å². The van der Waals surface area contributed by atoms with Crippen LogP contribution in [0.3, 0.4) is 0 Å². The van der Waals surface area contributed by atoms with Gasteiger partial charge in [0.05, 0.1) is 24.9 Å². The Bertz CT molecular complexity index is 1000. The van der Waals surface area contributed by atoms with Gasteiger partial charge in [0.2, 0.25) is 11.8 Å². The molecule has 0 bridgehead atoms. The molecule has 2 heterocycles. The van der Waals surface area contributed by atoms with Crippen LogP contribution in [0.2, 0.25) is 0 Å². The summed E-state index contributed by atoms with van der Waals surface area (Å²) in [6.45, 7) is 5.70. The van der Waals surface area contributed by atoms with Gasteiger partial charge in [0.15, 0.2) is 5.17 Å². The van der Waals surface area contributed by atoms with Crippen LogP contribution >= 0.6 is 11.8 Å². The molecule has 2 aliphatic rings. The predicted octanol–water partition coefficient (Wildman–Crippen LogP) is 4.53. The maximum absolute atomic E-state index is 13.2. The summed E-state index contributed by atoms with van der Waals surface area (Å²) >= 11 is 1.34. The van der Waals surface area contributed by atoms with Crippen molar-refractivity contribution in [2.45, 2.75) is 44.5 Å². The number of rotatable bonds is 8. The van der Waals surface area contributed by atoms with Crippen molar-refractivity contribution in [3.8, 4) is 5.75 Å². The highest BCUT2D eigenvalue weighted by atomic mass is 32.2. The zero-order chi connectivity index (χ0) is 23.2. The monoisotopic (exact) mass is 467 g/mol. The summed E-state index contributed by atoms with van der Waals surface area (Å²) in [6.07, 6.45) is 2.00. The van der Waals surface area contributed by atoms with E-state index in [1.54, 1.807) is 4.90 Å². The number of anilines is 1. The number of benzene rings is 2. The Hall–Kier alpha value is -2.84. The second-order valence-electron chi connectivity index (χ2n) is 8.13. The van der Waals surface area contributed by atoms with Gasteiger partial charge in [0.1, 0.15) is 11.0 Å². The minimum Gasteiger partial charge on any atom is -0.494 e. The van der Waals surface area contributed by atoms with Crippen molar-refractivity contribution in [3.63, 3.8) is 0 Å². The number of aryl methyl sites for hydroxylation is 1. The van der Waals surface area contributed by atoms with Gasteiger partial charge < -0.3 is 14.8 Å². The highest BCUT2D eigenvalue weighted by Crippen LogP contribution is 2.33. The van der Waals surface area contributed by atoms with E-state index in [0.29, 0.717) is 24.9 Å². The van der Waals surface area contributed by atoms with Gasteiger partial charge in [-0.25, -0.2) is 4.99 Å². The molecule has 2 saturated heterocycles. The minimum absolute atomic E-state index is 0.000199. The molecule has 0 spiro atoms. The van der Waals surface area contributed by atoms with Crippen molar-refractivity contribution in [2.24, 2.45) is 4.99 Å². The quantitative estimate of drug-likeness (QED) is 0.617. The second-order valence-corrected chi connectivity index (χ2v) is 9.30. The highest BCUT2D eigenvalue weighted by Gasteiger charge is 2.40. The van der Waals surface area contributed by atoms with Gasteiger partial charge in [-0.15, -0.1) is 0 Å². The molecule has 2 unspecified atom stereocenters. The average Bonchev–Trinajstić information content (AvgIpc) is 3.41. The normalized spacial score (nSPS) is 21.6. The summed E-state index contributed by atoms with van der Waals surface area (Å²) in [5.41, 5.74) is 2.57. The SMILES string of the molecule is CCOc1ccc(N=C2SC(CC(=O)Nc3ccc(C)cc3)C(=O)N2CC2CCCO2)cc1. The first kappa shape index (κ1) is 23.3. The number of nitrogens with one attached hydrogen (secondary N) is 1. The van der Waals surface area contributed by atoms with Crippen LogP contribution in [0.4, 0.5) is 11.4 Å². The van der Waals surface area contributed by atoms with Crippen LogP contribution in [0.5, 0.6) is 5.75 Å². The van der Waals surface area contributed by atoms with Gasteiger partial charge in [-0.1, -0.05) is 29.5 Å². The second kappa shape index (κ2) is 10.9. The van der Waals surface area contributed by atoms with E-state index < -0.39 is 5.25 Å². The number of hydrogen-bond acceptors (Lipinski definition) is 6. The molecule has 2 aliphatic heterocycles. The molecule has 0 aliphatic carbocycles. The number of ether oxygens (including phenoxy) is 2. The van der Waals surface area contributed by atoms with Gasteiger partial charge in [-0.3, -0.25) is 14.5 Å². The van der Waals surface area contributed by atoms with Gasteiger partial charge in [0, 0.05) is 18.7 Å². The third-order valence-corrected chi connectivity index (χ3v) is 6.68. The Labute approximate surface area is 198 Å². The molecule has 8 heteroatoms. The number of hydrogen-bond donors (Lipinski definition) is 1. The van der Waals surface area contributed by atoms with Gasteiger partial charge >= 0.3 is 0 Å². The lowest BCUT2D eigenvalue weighted by Gasteiger charge is -2.20. The summed E-state index contributed by atoms with van der Waals surface area (Å²) < 4.78 is 11.3. The van der Waals surface area contributed by atoms with E-state index in [9.17, 15) is 9.59 Å². The molecule has 2 atom stereocenters. The molecular weight excluding hydrogens is 438 g/mol. The van der Waals surface area contributed by atoms with Crippen LogP contribution in [-0.2, 0) is 14.3 Å². The van der Waals surface area contributed by atoms with Crippen LogP contribution in [-0.4, -0.2) is 53.0 Å². The lowest BCUT2D eigenvalue weighted by molar-refractivity contribution is -0.129. The van der Waals surface area contributed by atoms with Crippen molar-refractivity contribution >= 4 is 40.1 Å². The number of carbonyl (C=O) groups excluding carboxylic acids is 2. The molecule has 0 radical (unpaired) electrons. The molecule has 2 fully saturated rings. The molecule has 2 aromatic rings. The van der Waals surface area contributed by atoms with E-state index in [2.05, 4.69) is 5.32 Å². The minimum atomic E-state index is -0.515. The van der Waals surface area contributed by atoms with Gasteiger partial charge in [-0.2, -0.15) is 0 Å². The van der Waals surface area contributed by atoms with Crippen molar-refractivity contribution in [1.29, 1.82) is 0 Å². The van der Waals surface area contributed by atoms with Crippen LogP contribution in [0.1, 0.15) is 31.7 Å². The summed E-state index contributed by atoms with van der Waals surface area (Å²) in [4.78, 5) is 32.3. The van der Waals surface area contributed by atoms with Crippen molar-refractivity contribution in [1.82, 2.24) is 4.90 Å². The molecule has 7 nitrogen and oxygen atoms in total. The predicted molar refractivity (Wildman–Crippen MR) is 131 cm³/mol. The molecular formula is C25H29N3O4S. The van der Waals surface area contributed by atoms with E-state index in [4.69, 9.17) is 14.5 Å². The smallest absolute Gasteiger partial charge is 0.242 e. The fraction of sp³-hybridized carbons (Fsp3) is 0.400. The summed E-state index contributed by atoms with van der Waals surface area (Å²) in [5, 5.41) is 2.97. The van der Waals surface area contributed by atoms with E-state index >= 15 is 0 Å². The Morgan fingerprint density at radius 3 is 2.64 bits per heavy atom. The number of carbonyl (C=O) groups is 2. The standard InChI is InChI=1S/C25H29N3O4S/c1-3-31-20-12-10-19(11-13-20)27-25-28(16-21-5-4-14-32-21)24(30)22(33-25)15-23(29)26-18-8-6-17(2)7-9-18/h6-13,21-22H,3-5,14-16H2,1-2H3,(H,26,29). The fourth-order valence-corrected chi connectivity index (χ4v) is 4.96. The lowest BCUT2D eigenvalue weighted by atomic mass is 10.2. The summed E-state index contributed by atoms with van der Waals surface area (Å²) in [7, 11) is 0. The Kier molecular flexibility index (Phi) is 7.67. The van der Waals surface area contributed by atoms with E-state index in [1.807, 2.05) is 62.4 Å². The topological polar surface area (TPSA) is 80.2 Å². The van der Waals surface area contributed by atoms with Crippen LogP contribution < -0.4 is 10.1 Å². The van der Waals surface area contributed by atoms with Crippen LogP contribution in [0, 0.1) is 6.92 Å². The fourth-order valence-electron chi connectivity index (χ4n) is 3.80. The third kappa shape index (κ3) is 6.15. The van der Waals surface area contributed by atoms with Gasteiger partial charge in [-0.05, 0) is 63.1 Å². The number of amides is 2.